The highest BCUT2D eigenvalue weighted by molar-refractivity contribution is 9.10. The van der Waals surface area contributed by atoms with E-state index in [0.29, 0.717) is 12.1 Å². The molecule has 0 bridgehead atoms. The fraction of sp³-hybridized carbons (Fsp3) is 0.391. The predicted octanol–water partition coefficient (Wildman–Crippen LogP) is 6.04. The number of amides is 1. The summed E-state index contributed by atoms with van der Waals surface area (Å²) in [5.41, 5.74) is 4.80. The summed E-state index contributed by atoms with van der Waals surface area (Å²) >= 11 is 3.22. The second-order valence-corrected chi connectivity index (χ2v) is 8.59. The van der Waals surface area contributed by atoms with Crippen LogP contribution in [0.4, 0.5) is 22.0 Å². The third-order valence-corrected chi connectivity index (χ3v) is 5.62. The van der Waals surface area contributed by atoms with Gasteiger partial charge in [-0.3, -0.25) is 4.79 Å². The largest absolute Gasteiger partial charge is 0.478 e. The number of hydrogen-bond donors (Lipinski definition) is 1. The Morgan fingerprint density at radius 2 is 2.03 bits per heavy atom. The van der Waals surface area contributed by atoms with E-state index in [1.54, 1.807) is 14.1 Å². The van der Waals surface area contributed by atoms with Gasteiger partial charge in [-0.15, -0.1) is 0 Å². The van der Waals surface area contributed by atoms with Crippen LogP contribution in [0.25, 0.3) is 5.57 Å². The second-order valence-electron chi connectivity index (χ2n) is 7.87. The summed E-state index contributed by atoms with van der Waals surface area (Å²) < 4.78 is 78.8. The molecule has 0 saturated heterocycles. The minimum absolute atomic E-state index is 0. The lowest BCUT2D eigenvalue weighted by Crippen LogP contribution is -2.21. The lowest BCUT2D eigenvalue weighted by atomic mass is 9.95. The Hall–Kier alpha value is -2.73. The highest BCUT2D eigenvalue weighted by Gasteiger charge is 2.38. The quantitative estimate of drug-likeness (QED) is 0.394. The lowest BCUT2D eigenvalue weighted by molar-refractivity contribution is -0.160. The Labute approximate surface area is 207 Å². The molecule has 1 aromatic carbocycles. The summed E-state index contributed by atoms with van der Waals surface area (Å²) in [4.78, 5) is 17.6. The van der Waals surface area contributed by atoms with Crippen LogP contribution in [0.5, 0.6) is 5.75 Å². The van der Waals surface area contributed by atoms with Gasteiger partial charge in [-0.25, -0.2) is 13.8 Å². The van der Waals surface area contributed by atoms with E-state index in [2.05, 4.69) is 20.9 Å². The van der Waals surface area contributed by atoms with Gasteiger partial charge in [0.05, 0.1) is 5.92 Å². The van der Waals surface area contributed by atoms with Crippen molar-refractivity contribution < 1.29 is 35.9 Å². The van der Waals surface area contributed by atoms with Crippen molar-refractivity contribution in [2.75, 3.05) is 20.6 Å². The number of rotatable bonds is 8. The van der Waals surface area contributed by atoms with E-state index in [1.807, 2.05) is 4.90 Å². The third kappa shape index (κ3) is 6.69. The van der Waals surface area contributed by atoms with Gasteiger partial charge in [-0.05, 0) is 48.6 Å². The Morgan fingerprint density at radius 1 is 1.34 bits per heavy atom. The molecule has 2 unspecified atom stereocenters. The van der Waals surface area contributed by atoms with Gasteiger partial charge in [0.25, 0.3) is 5.91 Å². The van der Waals surface area contributed by atoms with Crippen LogP contribution in [0.15, 0.2) is 39.4 Å². The number of benzene rings is 1. The molecule has 0 radical (unpaired) electrons. The van der Waals surface area contributed by atoms with Crippen LogP contribution in [0.2, 0.25) is 0 Å². The average molecular weight is 566 g/mol. The average Bonchev–Trinajstić information content (AvgIpc) is 3.13. The van der Waals surface area contributed by atoms with Gasteiger partial charge in [0.2, 0.25) is 5.89 Å². The van der Waals surface area contributed by atoms with Crippen molar-refractivity contribution in [3.8, 4) is 5.75 Å². The number of hydrogen-bond acceptors (Lipinski definition) is 5. The Bertz CT molecular complexity index is 1130. The van der Waals surface area contributed by atoms with Crippen molar-refractivity contribution in [1.82, 2.24) is 9.88 Å². The lowest BCUT2D eigenvalue weighted by Gasteiger charge is -2.19. The topological polar surface area (TPSA) is 81.6 Å². The maximum atomic E-state index is 14.7. The molecule has 1 aliphatic carbocycles. The van der Waals surface area contributed by atoms with Crippen LogP contribution in [-0.4, -0.2) is 42.6 Å². The maximum absolute atomic E-state index is 14.7. The van der Waals surface area contributed by atoms with E-state index >= 15 is 0 Å². The number of primary amides is 1. The third-order valence-electron chi connectivity index (χ3n) is 5.08. The second kappa shape index (κ2) is 11.3. The van der Waals surface area contributed by atoms with E-state index < -0.39 is 47.1 Å². The number of carbonyl (C=O) groups is 1. The number of carbonyl (C=O) groups excluding carboxylic acids is 1. The molecule has 1 aliphatic rings. The molecule has 12 heteroatoms. The van der Waals surface area contributed by atoms with Crippen LogP contribution in [0, 0.1) is 17.6 Å². The summed E-state index contributed by atoms with van der Waals surface area (Å²) in [6, 6.07) is 1.87. The maximum Gasteiger partial charge on any atom is 0.395 e. The van der Waals surface area contributed by atoms with Crippen molar-refractivity contribution in [3.63, 3.8) is 0 Å². The minimum Gasteiger partial charge on any atom is -0.478 e. The zero-order valence-corrected chi connectivity index (χ0v) is 19.7. The van der Waals surface area contributed by atoms with E-state index in [9.17, 15) is 26.7 Å². The molecule has 0 fully saturated rings. The Morgan fingerprint density at radius 3 is 2.57 bits per heavy atom. The SMILES string of the molecule is C.CN(C)CCC(Oc1ccc(F)c(C(N)=O)c1F)c1nc(C2=CCC(C(F)(F)F)C=C2)c(Br)o1. The molecular formula is C23H25BrF5N3O3. The molecule has 192 valence electrons. The molecule has 1 heterocycles. The van der Waals surface area contributed by atoms with Gasteiger partial charge in [-0.2, -0.15) is 13.2 Å². The van der Waals surface area contributed by atoms with Crippen molar-refractivity contribution >= 4 is 27.4 Å². The van der Waals surface area contributed by atoms with Gasteiger partial charge in [0.1, 0.15) is 17.1 Å². The number of oxazole rings is 1. The number of halogens is 6. The van der Waals surface area contributed by atoms with Crippen LogP contribution >= 0.6 is 15.9 Å². The summed E-state index contributed by atoms with van der Waals surface area (Å²) in [6.45, 7) is 0.460. The fourth-order valence-corrected chi connectivity index (χ4v) is 3.77. The van der Waals surface area contributed by atoms with Crippen LogP contribution < -0.4 is 10.5 Å². The summed E-state index contributed by atoms with van der Waals surface area (Å²) in [7, 11) is 3.60. The van der Waals surface area contributed by atoms with Crippen LogP contribution in [0.1, 0.15) is 48.3 Å². The molecule has 0 saturated carbocycles. The molecule has 0 aliphatic heterocycles. The van der Waals surface area contributed by atoms with E-state index in [1.165, 1.54) is 12.2 Å². The van der Waals surface area contributed by atoms with Gasteiger partial charge in [-0.1, -0.05) is 25.7 Å². The molecule has 3 rings (SSSR count). The van der Waals surface area contributed by atoms with Crippen molar-refractivity contribution in [3.05, 3.63) is 63.8 Å². The Kier molecular flexibility index (Phi) is 9.23. The fourth-order valence-electron chi connectivity index (χ4n) is 3.28. The Balaban J connectivity index is 0.00000432. The zero-order chi connectivity index (χ0) is 25.2. The van der Waals surface area contributed by atoms with E-state index in [4.69, 9.17) is 14.9 Å². The number of aromatic nitrogens is 1. The summed E-state index contributed by atoms with van der Waals surface area (Å²) in [5.74, 6) is -5.68. The number of ether oxygens (including phenoxy) is 1. The number of nitrogens with zero attached hydrogens (tertiary/aromatic N) is 2. The smallest absolute Gasteiger partial charge is 0.395 e. The number of allylic oxidation sites excluding steroid dienone is 4. The highest BCUT2D eigenvalue weighted by Crippen LogP contribution is 2.38. The monoisotopic (exact) mass is 565 g/mol. The molecule has 6 nitrogen and oxygen atoms in total. The normalized spacial score (nSPS) is 16.6. The number of alkyl halides is 3. The van der Waals surface area contributed by atoms with Crippen LogP contribution in [-0.2, 0) is 0 Å². The van der Waals surface area contributed by atoms with E-state index in [0.717, 1.165) is 18.2 Å². The van der Waals surface area contributed by atoms with Gasteiger partial charge >= 0.3 is 6.18 Å². The summed E-state index contributed by atoms with van der Waals surface area (Å²) in [6.07, 6.45) is -1.55. The van der Waals surface area contributed by atoms with E-state index in [-0.39, 0.29) is 36.5 Å². The molecule has 2 aromatic rings. The first-order chi connectivity index (χ1) is 15.9. The molecular weight excluding hydrogens is 541 g/mol. The predicted molar refractivity (Wildman–Crippen MR) is 124 cm³/mol. The molecule has 1 aromatic heterocycles. The summed E-state index contributed by atoms with van der Waals surface area (Å²) in [5, 5.41) is 0. The van der Waals surface area contributed by atoms with Gasteiger partial charge in [0.15, 0.2) is 22.3 Å². The molecule has 35 heavy (non-hydrogen) atoms. The first-order valence-corrected chi connectivity index (χ1v) is 10.9. The zero-order valence-electron chi connectivity index (χ0n) is 18.1. The first-order valence-electron chi connectivity index (χ1n) is 10.1. The van der Waals surface area contributed by atoms with Gasteiger partial charge in [0, 0.05) is 18.5 Å². The van der Waals surface area contributed by atoms with Gasteiger partial charge < -0.3 is 19.8 Å². The number of nitrogens with two attached hydrogens (primary N) is 1. The minimum atomic E-state index is -4.35. The first kappa shape index (κ1) is 28.5. The molecule has 0 spiro atoms. The van der Waals surface area contributed by atoms with Crippen molar-refractivity contribution in [1.29, 1.82) is 0 Å². The highest BCUT2D eigenvalue weighted by atomic mass is 79.9. The standard InChI is InChI=1S/C22H21BrF5N3O3.CH4/c1-31(2)10-9-15(33-14-8-7-13(24)16(17(14)25)20(29)32)21-30-18(19(23)34-21)11-3-5-12(6-4-11)22(26,27)28;/h3-5,7-8,12,15H,6,9-10H2,1-2H3,(H2,29,32);1H4. The molecule has 1 amide bonds. The molecule has 2 atom stereocenters. The van der Waals surface area contributed by atoms with Crippen molar-refractivity contribution in [2.45, 2.75) is 32.5 Å². The van der Waals surface area contributed by atoms with Crippen molar-refractivity contribution in [2.24, 2.45) is 11.7 Å². The van der Waals surface area contributed by atoms with Crippen LogP contribution in [0.3, 0.4) is 0 Å². The molecule has 2 N–H and O–H groups in total.